The van der Waals surface area contributed by atoms with Gasteiger partial charge in [-0.05, 0) is 31.8 Å². The van der Waals surface area contributed by atoms with E-state index in [1.807, 2.05) is 18.7 Å². The number of carbonyl (C=O) groups is 2. The van der Waals surface area contributed by atoms with E-state index in [2.05, 4.69) is 17.6 Å². The monoisotopic (exact) mass is 248 g/mol. The summed E-state index contributed by atoms with van der Waals surface area (Å²) in [4.78, 5) is 21.8. The average Bonchev–Trinajstić information content (AvgIpc) is 2.17. The predicted octanol–water partition coefficient (Wildman–Crippen LogP) is 1.29. The smallest absolute Gasteiger partial charge is 0.325 e. The molecule has 0 aromatic carbocycles. The Morgan fingerprint density at radius 3 is 2.44 bits per heavy atom. The van der Waals surface area contributed by atoms with Gasteiger partial charge in [-0.3, -0.25) is 4.79 Å². The summed E-state index contributed by atoms with van der Waals surface area (Å²) in [5.41, 5.74) is 0. The largest absolute Gasteiger partial charge is 0.480 e. The third kappa shape index (κ3) is 7.39. The van der Waals surface area contributed by atoms with Crippen LogP contribution in [0.1, 0.15) is 27.2 Å². The van der Waals surface area contributed by atoms with Crippen molar-refractivity contribution in [2.24, 2.45) is 0 Å². The van der Waals surface area contributed by atoms with E-state index in [-0.39, 0.29) is 6.04 Å². The van der Waals surface area contributed by atoms with Crippen molar-refractivity contribution in [3.05, 3.63) is 0 Å². The fraction of sp³-hybridized carbons (Fsp3) is 0.800. The quantitative estimate of drug-likeness (QED) is 0.593. The lowest BCUT2D eigenvalue weighted by molar-refractivity contribution is -0.138. The first-order chi connectivity index (χ1) is 7.47. The maximum Gasteiger partial charge on any atom is 0.325 e. The molecule has 16 heavy (non-hydrogen) atoms. The van der Waals surface area contributed by atoms with Gasteiger partial charge in [-0.1, -0.05) is 6.92 Å². The zero-order chi connectivity index (χ0) is 12.6. The van der Waals surface area contributed by atoms with Gasteiger partial charge in [-0.25, -0.2) is 4.79 Å². The van der Waals surface area contributed by atoms with Crippen LogP contribution in [-0.4, -0.2) is 40.7 Å². The fourth-order valence-corrected chi connectivity index (χ4v) is 1.81. The van der Waals surface area contributed by atoms with Crippen molar-refractivity contribution in [3.8, 4) is 0 Å². The van der Waals surface area contributed by atoms with Crippen molar-refractivity contribution in [2.45, 2.75) is 39.3 Å². The number of amides is 2. The van der Waals surface area contributed by atoms with Crippen molar-refractivity contribution in [1.82, 2.24) is 10.6 Å². The summed E-state index contributed by atoms with van der Waals surface area (Å²) in [5.74, 6) is 1.02. The van der Waals surface area contributed by atoms with Crippen LogP contribution in [0.4, 0.5) is 4.79 Å². The Kier molecular flexibility index (Phi) is 7.80. The lowest BCUT2D eigenvalue weighted by Crippen LogP contribution is -2.47. The molecule has 0 saturated heterocycles. The van der Waals surface area contributed by atoms with Gasteiger partial charge in [-0.2, -0.15) is 11.8 Å². The minimum Gasteiger partial charge on any atom is -0.480 e. The van der Waals surface area contributed by atoms with Gasteiger partial charge in [0, 0.05) is 6.04 Å². The van der Waals surface area contributed by atoms with Crippen molar-refractivity contribution < 1.29 is 14.7 Å². The van der Waals surface area contributed by atoms with Gasteiger partial charge in [0.15, 0.2) is 0 Å². The minimum atomic E-state index is -1.04. The van der Waals surface area contributed by atoms with E-state index in [9.17, 15) is 9.59 Å². The summed E-state index contributed by atoms with van der Waals surface area (Å²) in [6.45, 7) is 5.42. The lowest BCUT2D eigenvalue weighted by Gasteiger charge is -2.15. The van der Waals surface area contributed by atoms with E-state index >= 15 is 0 Å². The number of hydrogen-bond acceptors (Lipinski definition) is 3. The van der Waals surface area contributed by atoms with Crippen molar-refractivity contribution in [2.75, 3.05) is 11.5 Å². The second kappa shape index (κ2) is 8.27. The molecule has 0 heterocycles. The first-order valence-corrected chi connectivity index (χ1v) is 6.50. The van der Waals surface area contributed by atoms with Crippen LogP contribution < -0.4 is 10.6 Å². The van der Waals surface area contributed by atoms with E-state index in [0.717, 1.165) is 17.9 Å². The lowest BCUT2D eigenvalue weighted by atomic mass is 10.2. The van der Waals surface area contributed by atoms with E-state index in [0.29, 0.717) is 0 Å². The normalized spacial score (nSPS) is 13.9. The summed E-state index contributed by atoms with van der Waals surface area (Å²) in [5, 5.41) is 13.6. The molecule has 94 valence electrons. The van der Waals surface area contributed by atoms with Crippen LogP contribution in [0.5, 0.6) is 0 Å². The number of carboxylic acids is 1. The number of rotatable bonds is 7. The highest BCUT2D eigenvalue weighted by molar-refractivity contribution is 7.99. The second-order valence-corrected chi connectivity index (χ2v) is 4.96. The molecular weight excluding hydrogens is 228 g/mol. The summed E-state index contributed by atoms with van der Waals surface area (Å²) in [6, 6.07) is -1.24. The highest BCUT2D eigenvalue weighted by Crippen LogP contribution is 2.03. The van der Waals surface area contributed by atoms with E-state index in [1.165, 1.54) is 6.92 Å². The Hall–Kier alpha value is -0.910. The van der Waals surface area contributed by atoms with Crippen LogP contribution in [0.15, 0.2) is 0 Å². The molecule has 0 fully saturated rings. The van der Waals surface area contributed by atoms with Crippen LogP contribution in [0.25, 0.3) is 0 Å². The number of carboxylic acid groups (broad SMARTS) is 1. The van der Waals surface area contributed by atoms with Gasteiger partial charge in [0.25, 0.3) is 0 Å². The summed E-state index contributed by atoms with van der Waals surface area (Å²) in [6.07, 6.45) is 0.882. The Balaban J connectivity index is 3.73. The number of urea groups is 1. The van der Waals surface area contributed by atoms with E-state index in [4.69, 9.17) is 5.11 Å². The molecule has 0 bridgehead atoms. The number of hydrogen-bond donors (Lipinski definition) is 3. The van der Waals surface area contributed by atoms with Crippen LogP contribution in [-0.2, 0) is 4.79 Å². The second-order valence-electron chi connectivity index (χ2n) is 3.56. The molecule has 5 nitrogen and oxygen atoms in total. The van der Waals surface area contributed by atoms with Gasteiger partial charge in [0.2, 0.25) is 0 Å². The predicted molar refractivity (Wildman–Crippen MR) is 65.8 cm³/mol. The third-order valence-electron chi connectivity index (χ3n) is 1.99. The Labute approximate surface area is 100 Å². The number of aliphatic carboxylic acids is 1. The van der Waals surface area contributed by atoms with Crippen LogP contribution in [0.2, 0.25) is 0 Å². The fourth-order valence-electron chi connectivity index (χ4n) is 1.00. The van der Waals surface area contributed by atoms with Crippen molar-refractivity contribution in [3.63, 3.8) is 0 Å². The molecular formula is C10H20N2O3S. The zero-order valence-electron chi connectivity index (χ0n) is 9.95. The zero-order valence-corrected chi connectivity index (χ0v) is 10.8. The molecule has 2 unspecified atom stereocenters. The first kappa shape index (κ1) is 15.1. The summed E-state index contributed by atoms with van der Waals surface area (Å²) < 4.78 is 0. The maximum absolute atomic E-state index is 11.3. The SMILES string of the molecule is CCSCCC(C)NC(=O)NC(C)C(=O)O. The van der Waals surface area contributed by atoms with Gasteiger partial charge < -0.3 is 15.7 Å². The highest BCUT2D eigenvalue weighted by atomic mass is 32.2. The standard InChI is InChI=1S/C10H20N2O3S/c1-4-16-6-5-7(2)11-10(15)12-8(3)9(13)14/h7-8H,4-6H2,1-3H3,(H,13,14)(H2,11,12,15). The van der Waals surface area contributed by atoms with Gasteiger partial charge in [-0.15, -0.1) is 0 Å². The van der Waals surface area contributed by atoms with Gasteiger partial charge in [0.05, 0.1) is 0 Å². The third-order valence-corrected chi connectivity index (χ3v) is 2.93. The maximum atomic E-state index is 11.3. The molecule has 0 saturated carbocycles. The molecule has 0 radical (unpaired) electrons. The van der Waals surface area contributed by atoms with Gasteiger partial charge in [0.1, 0.15) is 6.04 Å². The van der Waals surface area contributed by atoms with Gasteiger partial charge >= 0.3 is 12.0 Å². The van der Waals surface area contributed by atoms with Crippen LogP contribution in [0.3, 0.4) is 0 Å². The molecule has 0 rings (SSSR count). The molecule has 2 atom stereocenters. The molecule has 0 spiro atoms. The Morgan fingerprint density at radius 2 is 1.94 bits per heavy atom. The van der Waals surface area contributed by atoms with Crippen LogP contribution in [0, 0.1) is 0 Å². The molecule has 2 amide bonds. The van der Waals surface area contributed by atoms with E-state index < -0.39 is 18.0 Å². The number of carbonyl (C=O) groups excluding carboxylic acids is 1. The number of thioether (sulfide) groups is 1. The van der Waals surface area contributed by atoms with Crippen molar-refractivity contribution in [1.29, 1.82) is 0 Å². The molecule has 0 aliphatic heterocycles. The van der Waals surface area contributed by atoms with Crippen molar-refractivity contribution >= 4 is 23.8 Å². The average molecular weight is 248 g/mol. The minimum absolute atomic E-state index is 0.0556. The summed E-state index contributed by atoms with van der Waals surface area (Å²) >= 11 is 1.82. The Morgan fingerprint density at radius 1 is 1.31 bits per heavy atom. The topological polar surface area (TPSA) is 78.4 Å². The van der Waals surface area contributed by atoms with Crippen LogP contribution >= 0.6 is 11.8 Å². The first-order valence-electron chi connectivity index (χ1n) is 5.35. The molecule has 0 aliphatic carbocycles. The molecule has 3 N–H and O–H groups in total. The molecule has 0 aromatic heterocycles. The molecule has 6 heteroatoms. The molecule has 0 aromatic rings. The number of nitrogens with one attached hydrogen (secondary N) is 2. The summed E-state index contributed by atoms with van der Waals surface area (Å²) in [7, 11) is 0. The Bertz CT molecular complexity index is 236. The highest BCUT2D eigenvalue weighted by Gasteiger charge is 2.14. The van der Waals surface area contributed by atoms with E-state index in [1.54, 1.807) is 0 Å². The molecule has 0 aliphatic rings.